The molecule has 0 spiro atoms. The number of furan rings is 1. The van der Waals surface area contributed by atoms with Crippen molar-refractivity contribution in [3.63, 3.8) is 0 Å². The first-order valence-electron chi connectivity index (χ1n) is 5.93. The van der Waals surface area contributed by atoms with Crippen molar-refractivity contribution in [1.29, 1.82) is 0 Å². The van der Waals surface area contributed by atoms with Gasteiger partial charge in [-0.2, -0.15) is 0 Å². The molecule has 3 heterocycles. The topological polar surface area (TPSA) is 72.0 Å². The van der Waals surface area contributed by atoms with Crippen molar-refractivity contribution < 1.29 is 9.52 Å². The van der Waals surface area contributed by atoms with Crippen LogP contribution in [-0.2, 0) is 5.60 Å². The standard InChI is InChI=1S/C14H13N3O2/c1-14(2,18)11-7-9(3-5-15-11)12-13-10(4-6-19-13)16-8-17-12/h3-8,18H,1-2H3. The van der Waals surface area contributed by atoms with Gasteiger partial charge in [0.2, 0.25) is 0 Å². The van der Waals surface area contributed by atoms with Crippen molar-refractivity contribution >= 4 is 11.1 Å². The highest BCUT2D eigenvalue weighted by atomic mass is 16.3. The second-order valence-electron chi connectivity index (χ2n) is 4.85. The van der Waals surface area contributed by atoms with Crippen LogP contribution in [0.3, 0.4) is 0 Å². The van der Waals surface area contributed by atoms with Gasteiger partial charge >= 0.3 is 0 Å². The summed E-state index contributed by atoms with van der Waals surface area (Å²) in [6, 6.07) is 5.43. The summed E-state index contributed by atoms with van der Waals surface area (Å²) in [6.07, 6.45) is 4.73. The lowest BCUT2D eigenvalue weighted by Crippen LogP contribution is -2.17. The molecule has 0 atom stereocenters. The molecule has 5 nitrogen and oxygen atoms in total. The van der Waals surface area contributed by atoms with Crippen LogP contribution in [0.4, 0.5) is 0 Å². The van der Waals surface area contributed by atoms with Gasteiger partial charge in [-0.15, -0.1) is 0 Å². The summed E-state index contributed by atoms with van der Waals surface area (Å²) in [7, 11) is 0. The second kappa shape index (κ2) is 4.13. The number of fused-ring (bicyclic) bond motifs is 1. The Hall–Kier alpha value is -2.27. The predicted molar refractivity (Wildman–Crippen MR) is 70.3 cm³/mol. The van der Waals surface area contributed by atoms with Crippen LogP contribution < -0.4 is 0 Å². The van der Waals surface area contributed by atoms with E-state index in [1.54, 1.807) is 32.4 Å². The zero-order chi connectivity index (χ0) is 13.5. The van der Waals surface area contributed by atoms with E-state index in [2.05, 4.69) is 15.0 Å². The van der Waals surface area contributed by atoms with Crippen LogP contribution in [0, 0.1) is 0 Å². The SMILES string of the molecule is CC(C)(O)c1cc(-c2ncnc3ccoc23)ccn1. The number of aromatic nitrogens is 3. The molecule has 0 radical (unpaired) electrons. The van der Waals surface area contributed by atoms with E-state index in [-0.39, 0.29) is 0 Å². The number of hydrogen-bond acceptors (Lipinski definition) is 5. The lowest BCUT2D eigenvalue weighted by molar-refractivity contribution is 0.0739. The van der Waals surface area contributed by atoms with Crippen molar-refractivity contribution in [2.75, 3.05) is 0 Å². The van der Waals surface area contributed by atoms with Crippen LogP contribution in [0.5, 0.6) is 0 Å². The first-order chi connectivity index (χ1) is 9.05. The lowest BCUT2D eigenvalue weighted by atomic mass is 10.0. The van der Waals surface area contributed by atoms with Crippen LogP contribution in [0.2, 0.25) is 0 Å². The molecule has 3 rings (SSSR count). The van der Waals surface area contributed by atoms with Crippen molar-refractivity contribution in [3.8, 4) is 11.3 Å². The molecule has 3 aromatic rings. The Labute approximate surface area is 110 Å². The normalized spacial score (nSPS) is 11.9. The Kier molecular flexibility index (Phi) is 2.57. The smallest absolute Gasteiger partial charge is 0.178 e. The molecule has 0 saturated heterocycles. The molecule has 0 unspecified atom stereocenters. The summed E-state index contributed by atoms with van der Waals surface area (Å²) in [5.74, 6) is 0. The van der Waals surface area contributed by atoms with Gasteiger partial charge in [0.15, 0.2) is 5.58 Å². The van der Waals surface area contributed by atoms with E-state index in [4.69, 9.17) is 4.42 Å². The van der Waals surface area contributed by atoms with Crippen LogP contribution in [0.15, 0.2) is 41.4 Å². The predicted octanol–water partition coefficient (Wildman–Crippen LogP) is 2.51. The first-order valence-corrected chi connectivity index (χ1v) is 5.93. The number of nitrogens with zero attached hydrogens (tertiary/aromatic N) is 3. The van der Waals surface area contributed by atoms with E-state index in [0.717, 1.165) is 11.1 Å². The molecular weight excluding hydrogens is 242 g/mol. The van der Waals surface area contributed by atoms with Crippen molar-refractivity contribution in [1.82, 2.24) is 15.0 Å². The van der Waals surface area contributed by atoms with E-state index < -0.39 is 5.60 Å². The Bertz CT molecular complexity index is 729. The lowest BCUT2D eigenvalue weighted by Gasteiger charge is -2.16. The fourth-order valence-corrected chi connectivity index (χ4v) is 1.91. The van der Waals surface area contributed by atoms with Crippen LogP contribution >= 0.6 is 0 Å². The quantitative estimate of drug-likeness (QED) is 0.761. The van der Waals surface area contributed by atoms with Gasteiger partial charge in [0.05, 0.1) is 12.0 Å². The van der Waals surface area contributed by atoms with Gasteiger partial charge in [0.1, 0.15) is 23.1 Å². The van der Waals surface area contributed by atoms with Crippen LogP contribution in [0.25, 0.3) is 22.4 Å². The third-order valence-electron chi connectivity index (χ3n) is 2.90. The summed E-state index contributed by atoms with van der Waals surface area (Å²) in [5, 5.41) is 10.0. The summed E-state index contributed by atoms with van der Waals surface area (Å²) < 4.78 is 5.42. The van der Waals surface area contributed by atoms with E-state index in [1.807, 2.05) is 12.1 Å². The molecule has 0 amide bonds. The van der Waals surface area contributed by atoms with E-state index in [0.29, 0.717) is 17.0 Å². The van der Waals surface area contributed by atoms with Gasteiger partial charge in [-0.05, 0) is 26.0 Å². The molecule has 0 saturated carbocycles. The zero-order valence-electron chi connectivity index (χ0n) is 10.7. The van der Waals surface area contributed by atoms with Gasteiger partial charge in [0, 0.05) is 17.8 Å². The number of pyridine rings is 1. The second-order valence-corrected chi connectivity index (χ2v) is 4.85. The van der Waals surface area contributed by atoms with Gasteiger partial charge in [-0.25, -0.2) is 9.97 Å². The maximum absolute atomic E-state index is 10.0. The molecular formula is C14H13N3O2. The van der Waals surface area contributed by atoms with Gasteiger partial charge in [-0.3, -0.25) is 4.98 Å². The highest BCUT2D eigenvalue weighted by Crippen LogP contribution is 2.28. The minimum absolute atomic E-state index is 0.586. The van der Waals surface area contributed by atoms with E-state index >= 15 is 0 Å². The molecule has 5 heteroatoms. The largest absolute Gasteiger partial charge is 0.460 e. The maximum atomic E-state index is 10.0. The Morgan fingerprint density at radius 1 is 1.16 bits per heavy atom. The molecule has 3 aromatic heterocycles. The van der Waals surface area contributed by atoms with Crippen molar-refractivity contribution in [2.24, 2.45) is 0 Å². The van der Waals surface area contributed by atoms with Gasteiger partial charge in [-0.1, -0.05) is 0 Å². The van der Waals surface area contributed by atoms with Gasteiger partial charge < -0.3 is 9.52 Å². The maximum Gasteiger partial charge on any atom is 0.178 e. The highest BCUT2D eigenvalue weighted by molar-refractivity contribution is 5.87. The number of hydrogen-bond donors (Lipinski definition) is 1. The molecule has 1 N–H and O–H groups in total. The third-order valence-corrected chi connectivity index (χ3v) is 2.90. The minimum Gasteiger partial charge on any atom is -0.460 e. The monoisotopic (exact) mass is 255 g/mol. The third kappa shape index (κ3) is 2.08. The fourth-order valence-electron chi connectivity index (χ4n) is 1.91. The Balaban J connectivity index is 2.19. The molecule has 0 aromatic carbocycles. The molecule has 0 bridgehead atoms. The highest BCUT2D eigenvalue weighted by Gasteiger charge is 2.19. The molecule has 0 aliphatic carbocycles. The number of rotatable bonds is 2. The summed E-state index contributed by atoms with van der Waals surface area (Å²) >= 11 is 0. The summed E-state index contributed by atoms with van der Waals surface area (Å²) in [6.45, 7) is 3.39. The van der Waals surface area contributed by atoms with E-state index in [1.165, 1.54) is 6.33 Å². The molecule has 0 fully saturated rings. The van der Waals surface area contributed by atoms with Crippen molar-refractivity contribution in [2.45, 2.75) is 19.4 Å². The Morgan fingerprint density at radius 3 is 2.79 bits per heavy atom. The van der Waals surface area contributed by atoms with Crippen LogP contribution in [-0.4, -0.2) is 20.1 Å². The fraction of sp³-hybridized carbons (Fsp3) is 0.214. The van der Waals surface area contributed by atoms with Crippen molar-refractivity contribution in [3.05, 3.63) is 42.7 Å². The molecule has 96 valence electrons. The first kappa shape index (κ1) is 11.8. The minimum atomic E-state index is -0.995. The van der Waals surface area contributed by atoms with E-state index in [9.17, 15) is 5.11 Å². The average Bonchev–Trinajstić information content (AvgIpc) is 2.86. The molecule has 0 aliphatic heterocycles. The van der Waals surface area contributed by atoms with Crippen LogP contribution in [0.1, 0.15) is 19.5 Å². The summed E-state index contributed by atoms with van der Waals surface area (Å²) in [4.78, 5) is 12.6. The Morgan fingerprint density at radius 2 is 2.00 bits per heavy atom. The molecule has 19 heavy (non-hydrogen) atoms. The average molecular weight is 255 g/mol. The zero-order valence-corrected chi connectivity index (χ0v) is 10.7. The molecule has 0 aliphatic rings. The number of aliphatic hydroxyl groups is 1. The summed E-state index contributed by atoms with van der Waals surface area (Å²) in [5.41, 5.74) is 2.52. The van der Waals surface area contributed by atoms with Gasteiger partial charge in [0.25, 0.3) is 0 Å².